The van der Waals surface area contributed by atoms with E-state index in [2.05, 4.69) is 29.2 Å². The van der Waals surface area contributed by atoms with E-state index in [1.807, 2.05) is 13.8 Å². The molecule has 2 unspecified atom stereocenters. The van der Waals surface area contributed by atoms with Gasteiger partial charge in [0.15, 0.2) is 0 Å². The molecule has 1 aromatic heterocycles. The number of thiazole rings is 1. The van der Waals surface area contributed by atoms with Crippen LogP contribution >= 0.6 is 11.3 Å². The lowest BCUT2D eigenvalue weighted by molar-refractivity contribution is 0.202. The number of hydrogen-bond donors (Lipinski definition) is 1. The minimum Gasteiger partial charge on any atom is -0.388 e. The molecule has 2 atom stereocenters. The summed E-state index contributed by atoms with van der Waals surface area (Å²) in [5.41, 5.74) is 3.95. The van der Waals surface area contributed by atoms with Gasteiger partial charge in [0.2, 0.25) is 0 Å². The van der Waals surface area contributed by atoms with Gasteiger partial charge in [-0.2, -0.15) is 0 Å². The fraction of sp³-hybridized carbons (Fsp3) is 0.438. The van der Waals surface area contributed by atoms with Crippen LogP contribution in [-0.2, 0) is 12.8 Å². The number of aliphatic hydroxyl groups excluding tert-OH is 1. The molecule has 0 saturated heterocycles. The zero-order chi connectivity index (χ0) is 13.4. The summed E-state index contributed by atoms with van der Waals surface area (Å²) in [6, 6.07) is 8.71. The Morgan fingerprint density at radius 3 is 2.74 bits per heavy atom. The number of rotatable bonds is 2. The molecule has 0 fully saturated rings. The first-order chi connectivity index (χ1) is 9.15. The van der Waals surface area contributed by atoms with Crippen LogP contribution in [0.2, 0.25) is 0 Å². The van der Waals surface area contributed by atoms with Crippen molar-refractivity contribution < 1.29 is 5.11 Å². The molecule has 19 heavy (non-hydrogen) atoms. The van der Waals surface area contributed by atoms with E-state index in [0.717, 1.165) is 23.4 Å². The third kappa shape index (κ3) is 2.45. The van der Waals surface area contributed by atoms with E-state index in [1.165, 1.54) is 22.6 Å². The number of nitrogens with zero attached hydrogens (tertiary/aromatic N) is 1. The lowest BCUT2D eigenvalue weighted by Gasteiger charge is -2.22. The molecule has 0 saturated carbocycles. The number of hydrogen-bond acceptors (Lipinski definition) is 3. The molecule has 0 bridgehead atoms. The predicted octanol–water partition coefficient (Wildman–Crippen LogP) is 3.78. The molecule has 0 spiro atoms. The Hall–Kier alpha value is -1.19. The highest BCUT2D eigenvalue weighted by Gasteiger charge is 2.24. The van der Waals surface area contributed by atoms with Crippen LogP contribution in [0.3, 0.4) is 0 Å². The third-order valence-corrected chi connectivity index (χ3v) is 5.41. The topological polar surface area (TPSA) is 33.1 Å². The Balaban J connectivity index is 1.87. The Labute approximate surface area is 118 Å². The minimum absolute atomic E-state index is 0.401. The average molecular weight is 273 g/mol. The van der Waals surface area contributed by atoms with Crippen LogP contribution in [0.4, 0.5) is 0 Å². The summed E-state index contributed by atoms with van der Waals surface area (Å²) >= 11 is 1.69. The average Bonchev–Trinajstić information content (AvgIpc) is 2.80. The first kappa shape index (κ1) is 12.8. The van der Waals surface area contributed by atoms with Gasteiger partial charge < -0.3 is 5.11 Å². The molecule has 0 radical (unpaired) electrons. The smallest absolute Gasteiger partial charge is 0.0966 e. The first-order valence-corrected chi connectivity index (χ1v) is 7.69. The lowest BCUT2D eigenvalue weighted by Crippen LogP contribution is -2.12. The maximum Gasteiger partial charge on any atom is 0.0966 e. The number of aromatic nitrogens is 1. The van der Waals surface area contributed by atoms with Crippen molar-refractivity contribution in [1.29, 1.82) is 0 Å². The molecule has 3 heteroatoms. The molecule has 2 nitrogen and oxygen atoms in total. The number of aliphatic hydroxyl groups is 1. The summed E-state index contributed by atoms with van der Waals surface area (Å²) in [7, 11) is 0. The van der Waals surface area contributed by atoms with Gasteiger partial charge >= 0.3 is 0 Å². The van der Waals surface area contributed by atoms with E-state index in [-0.39, 0.29) is 0 Å². The van der Waals surface area contributed by atoms with Crippen molar-refractivity contribution in [3.05, 3.63) is 51.0 Å². The summed E-state index contributed by atoms with van der Waals surface area (Å²) in [6.45, 7) is 3.82. The van der Waals surface area contributed by atoms with Gasteiger partial charge in [0.1, 0.15) is 0 Å². The highest BCUT2D eigenvalue weighted by molar-refractivity contribution is 7.11. The largest absolute Gasteiger partial charge is 0.388 e. The van der Waals surface area contributed by atoms with Crippen molar-refractivity contribution in [2.45, 2.75) is 45.1 Å². The van der Waals surface area contributed by atoms with Crippen molar-refractivity contribution in [2.24, 2.45) is 0 Å². The van der Waals surface area contributed by atoms with Crippen LogP contribution in [-0.4, -0.2) is 10.1 Å². The maximum absolute atomic E-state index is 9.74. The Bertz CT molecular complexity index is 588. The second-order valence-corrected chi connectivity index (χ2v) is 6.45. The van der Waals surface area contributed by atoms with Crippen molar-refractivity contribution in [2.75, 3.05) is 0 Å². The Morgan fingerprint density at radius 1 is 1.32 bits per heavy atom. The molecule has 0 amide bonds. The number of benzene rings is 1. The van der Waals surface area contributed by atoms with Gasteiger partial charge in [0.05, 0.1) is 21.7 Å². The SMILES string of the molecule is Cc1nc(C2CCc3ccccc3C2)sc1C(C)O. The van der Waals surface area contributed by atoms with Crippen molar-refractivity contribution in [1.82, 2.24) is 4.98 Å². The molecule has 100 valence electrons. The van der Waals surface area contributed by atoms with Crippen LogP contribution in [0, 0.1) is 6.92 Å². The minimum atomic E-state index is -0.401. The van der Waals surface area contributed by atoms with E-state index in [4.69, 9.17) is 0 Å². The van der Waals surface area contributed by atoms with E-state index < -0.39 is 6.10 Å². The highest BCUT2D eigenvalue weighted by atomic mass is 32.1. The second kappa shape index (κ2) is 5.06. The van der Waals surface area contributed by atoms with Crippen molar-refractivity contribution in [3.63, 3.8) is 0 Å². The fourth-order valence-electron chi connectivity index (χ4n) is 2.90. The molecule has 1 heterocycles. The summed E-state index contributed by atoms with van der Waals surface area (Å²) in [5, 5.41) is 10.9. The number of fused-ring (bicyclic) bond motifs is 1. The highest BCUT2D eigenvalue weighted by Crippen LogP contribution is 2.36. The normalized spacial score (nSPS) is 20.1. The number of aryl methyl sites for hydroxylation is 2. The second-order valence-electron chi connectivity index (χ2n) is 5.39. The molecule has 1 aliphatic carbocycles. The van der Waals surface area contributed by atoms with Gasteiger partial charge in [-0.05, 0) is 44.2 Å². The van der Waals surface area contributed by atoms with Crippen molar-refractivity contribution in [3.8, 4) is 0 Å². The van der Waals surface area contributed by atoms with Gasteiger partial charge in [-0.1, -0.05) is 24.3 Å². The summed E-state index contributed by atoms with van der Waals surface area (Å²) in [4.78, 5) is 5.71. The Kier molecular flexibility index (Phi) is 3.42. The molecule has 3 rings (SSSR count). The van der Waals surface area contributed by atoms with E-state index in [1.54, 1.807) is 11.3 Å². The van der Waals surface area contributed by atoms with Gasteiger partial charge in [0, 0.05) is 5.92 Å². The van der Waals surface area contributed by atoms with Crippen molar-refractivity contribution >= 4 is 11.3 Å². The summed E-state index contributed by atoms with van der Waals surface area (Å²) < 4.78 is 0. The lowest BCUT2D eigenvalue weighted by atomic mass is 9.84. The molecule has 2 aromatic rings. The molecular weight excluding hydrogens is 254 g/mol. The predicted molar refractivity (Wildman–Crippen MR) is 78.7 cm³/mol. The van der Waals surface area contributed by atoms with Crippen LogP contribution < -0.4 is 0 Å². The first-order valence-electron chi connectivity index (χ1n) is 6.87. The van der Waals surface area contributed by atoms with Gasteiger partial charge in [-0.15, -0.1) is 11.3 Å². The van der Waals surface area contributed by atoms with Gasteiger partial charge in [-0.3, -0.25) is 0 Å². The maximum atomic E-state index is 9.74. The van der Waals surface area contributed by atoms with Gasteiger partial charge in [0.25, 0.3) is 0 Å². The van der Waals surface area contributed by atoms with Crippen LogP contribution in [0.5, 0.6) is 0 Å². The fourth-order valence-corrected chi connectivity index (χ4v) is 4.04. The molecular formula is C16H19NOS. The summed E-state index contributed by atoms with van der Waals surface area (Å²) in [5.74, 6) is 0.520. The zero-order valence-electron chi connectivity index (χ0n) is 11.4. The molecule has 0 aliphatic heterocycles. The quantitative estimate of drug-likeness (QED) is 0.903. The molecule has 1 aliphatic rings. The standard InChI is InChI=1S/C16H19NOS/c1-10-15(11(2)18)19-16(17-10)14-8-7-12-5-3-4-6-13(12)9-14/h3-6,11,14,18H,7-9H2,1-2H3. The van der Waals surface area contributed by atoms with Crippen LogP contribution in [0.1, 0.15) is 52.1 Å². The van der Waals surface area contributed by atoms with Crippen LogP contribution in [0.15, 0.2) is 24.3 Å². The van der Waals surface area contributed by atoms with Gasteiger partial charge in [-0.25, -0.2) is 4.98 Å². The zero-order valence-corrected chi connectivity index (χ0v) is 12.2. The van der Waals surface area contributed by atoms with E-state index in [0.29, 0.717) is 5.92 Å². The van der Waals surface area contributed by atoms with E-state index >= 15 is 0 Å². The summed E-state index contributed by atoms with van der Waals surface area (Å²) in [6.07, 6.45) is 3.00. The monoisotopic (exact) mass is 273 g/mol. The molecule has 1 aromatic carbocycles. The van der Waals surface area contributed by atoms with E-state index in [9.17, 15) is 5.11 Å². The van der Waals surface area contributed by atoms with Crippen LogP contribution in [0.25, 0.3) is 0 Å². The third-order valence-electron chi connectivity index (χ3n) is 3.92. The molecule has 1 N–H and O–H groups in total. The Morgan fingerprint density at radius 2 is 2.05 bits per heavy atom.